The number of rotatable bonds is 0. The third-order valence-corrected chi connectivity index (χ3v) is 2.45. The van der Waals surface area contributed by atoms with Crippen LogP contribution in [0.2, 0.25) is 0 Å². The van der Waals surface area contributed by atoms with Gasteiger partial charge in [-0.15, -0.1) is 0 Å². The summed E-state index contributed by atoms with van der Waals surface area (Å²) in [6.45, 7) is 0. The van der Waals surface area contributed by atoms with Crippen LogP contribution in [0.1, 0.15) is 19.3 Å². The second kappa shape index (κ2) is 1.95. The van der Waals surface area contributed by atoms with E-state index >= 15 is 0 Å². The summed E-state index contributed by atoms with van der Waals surface area (Å²) in [5.74, 6) is 0.368. The molecule has 3 heteroatoms. The van der Waals surface area contributed by atoms with Crippen LogP contribution in [0.3, 0.4) is 0 Å². The Morgan fingerprint density at radius 2 is 2.30 bits per heavy atom. The Balaban J connectivity index is 2.12. The monoisotopic (exact) mass is 141 g/mol. The van der Waals surface area contributed by atoms with Gasteiger partial charge in [-0.2, -0.15) is 0 Å². The number of fused-ring (bicyclic) bond motifs is 1. The zero-order valence-corrected chi connectivity index (χ0v) is 5.75. The van der Waals surface area contributed by atoms with Crippen LogP contribution in [0, 0.1) is 5.92 Å². The molecule has 0 amide bonds. The summed E-state index contributed by atoms with van der Waals surface area (Å²) in [4.78, 5) is 10.7. The van der Waals surface area contributed by atoms with Crippen LogP contribution in [0.5, 0.6) is 0 Å². The molecule has 0 bridgehead atoms. The van der Waals surface area contributed by atoms with Crippen LogP contribution in [-0.4, -0.2) is 18.1 Å². The predicted octanol–water partition coefficient (Wildman–Crippen LogP) is 0.0392. The molecule has 0 aromatic heterocycles. The van der Waals surface area contributed by atoms with Gasteiger partial charge < -0.3 is 10.5 Å². The van der Waals surface area contributed by atoms with Gasteiger partial charge in [-0.1, -0.05) is 0 Å². The zero-order chi connectivity index (χ0) is 7.14. The Kier molecular flexibility index (Phi) is 1.20. The van der Waals surface area contributed by atoms with Crippen LogP contribution in [0.4, 0.5) is 0 Å². The van der Waals surface area contributed by atoms with Crippen LogP contribution in [0.25, 0.3) is 0 Å². The van der Waals surface area contributed by atoms with Crippen molar-refractivity contribution in [1.82, 2.24) is 0 Å². The largest absolute Gasteiger partial charge is 0.460 e. The smallest absolute Gasteiger partial charge is 0.306 e. The van der Waals surface area contributed by atoms with E-state index in [4.69, 9.17) is 10.5 Å². The van der Waals surface area contributed by atoms with Gasteiger partial charge in [0.25, 0.3) is 0 Å². The van der Waals surface area contributed by atoms with Crippen LogP contribution in [0.15, 0.2) is 0 Å². The highest BCUT2D eigenvalue weighted by molar-refractivity contribution is 5.72. The van der Waals surface area contributed by atoms with Crippen molar-refractivity contribution in [3.05, 3.63) is 0 Å². The van der Waals surface area contributed by atoms with Crippen LogP contribution in [-0.2, 0) is 9.53 Å². The molecule has 1 heterocycles. The highest BCUT2D eigenvalue weighted by Gasteiger charge is 2.43. The van der Waals surface area contributed by atoms with E-state index in [1.165, 1.54) is 0 Å². The van der Waals surface area contributed by atoms with Crippen molar-refractivity contribution >= 4 is 5.97 Å². The van der Waals surface area contributed by atoms with E-state index in [2.05, 4.69) is 0 Å². The first kappa shape index (κ1) is 6.16. The van der Waals surface area contributed by atoms with Crippen LogP contribution >= 0.6 is 0 Å². The molecule has 56 valence electrons. The summed E-state index contributed by atoms with van der Waals surface area (Å²) in [5.41, 5.74) is 5.70. The predicted molar refractivity (Wildman–Crippen MR) is 35.2 cm³/mol. The SMILES string of the molecule is N[C@H]1CC[C@@H]2CC(=O)O[C@@H]21. The Bertz CT molecular complexity index is 169. The summed E-state index contributed by atoms with van der Waals surface area (Å²) in [6.07, 6.45) is 2.73. The number of carbonyl (C=O) groups is 1. The summed E-state index contributed by atoms with van der Waals surface area (Å²) in [6, 6.07) is 0.108. The normalized spacial score (nSPS) is 45.3. The van der Waals surface area contributed by atoms with E-state index in [1.807, 2.05) is 0 Å². The molecule has 1 saturated carbocycles. The van der Waals surface area contributed by atoms with E-state index in [0.29, 0.717) is 12.3 Å². The van der Waals surface area contributed by atoms with Crippen molar-refractivity contribution in [1.29, 1.82) is 0 Å². The van der Waals surface area contributed by atoms with Crippen molar-refractivity contribution in [2.24, 2.45) is 11.7 Å². The Labute approximate surface area is 59.5 Å². The highest BCUT2D eigenvalue weighted by atomic mass is 16.6. The standard InChI is InChI=1S/C7H11NO2/c8-5-2-1-4-3-6(9)10-7(4)5/h4-5,7H,1-3,8H2/t4-,5+,7+/m1/s1. The molecule has 2 rings (SSSR count). The zero-order valence-electron chi connectivity index (χ0n) is 5.75. The molecule has 10 heavy (non-hydrogen) atoms. The second-order valence-corrected chi connectivity index (χ2v) is 3.16. The minimum atomic E-state index is -0.0647. The molecule has 3 atom stereocenters. The summed E-state index contributed by atoms with van der Waals surface area (Å²) >= 11 is 0. The lowest BCUT2D eigenvalue weighted by Crippen LogP contribution is -2.31. The van der Waals surface area contributed by atoms with Gasteiger partial charge in [0.05, 0.1) is 6.42 Å². The molecular formula is C7H11NO2. The average Bonchev–Trinajstić information content (AvgIpc) is 2.35. The molecule has 0 spiro atoms. The fourth-order valence-electron chi connectivity index (χ4n) is 1.90. The third kappa shape index (κ3) is 0.736. The fourth-order valence-corrected chi connectivity index (χ4v) is 1.90. The van der Waals surface area contributed by atoms with E-state index in [9.17, 15) is 4.79 Å². The number of carbonyl (C=O) groups excluding carboxylic acids is 1. The maximum atomic E-state index is 10.7. The average molecular weight is 141 g/mol. The molecule has 1 aliphatic heterocycles. The highest BCUT2D eigenvalue weighted by Crippen LogP contribution is 2.35. The van der Waals surface area contributed by atoms with Crippen molar-refractivity contribution in [2.45, 2.75) is 31.4 Å². The maximum absolute atomic E-state index is 10.7. The van der Waals surface area contributed by atoms with Crippen molar-refractivity contribution < 1.29 is 9.53 Å². The quantitative estimate of drug-likeness (QED) is 0.484. The molecule has 0 aromatic carbocycles. The fraction of sp³-hybridized carbons (Fsp3) is 0.857. The third-order valence-electron chi connectivity index (χ3n) is 2.45. The number of ether oxygens (including phenoxy) is 1. The molecule has 2 aliphatic rings. The Hall–Kier alpha value is -0.570. The van der Waals surface area contributed by atoms with Gasteiger partial charge in [0.2, 0.25) is 0 Å². The molecule has 0 aromatic rings. The lowest BCUT2D eigenvalue weighted by molar-refractivity contribution is -0.141. The van der Waals surface area contributed by atoms with Gasteiger partial charge in [0.1, 0.15) is 6.10 Å². The van der Waals surface area contributed by atoms with Gasteiger partial charge in [-0.3, -0.25) is 4.79 Å². The Morgan fingerprint density at radius 3 is 3.00 bits per heavy atom. The summed E-state index contributed by atoms with van der Waals surface area (Å²) in [5, 5.41) is 0. The van der Waals surface area contributed by atoms with Gasteiger partial charge in [0.15, 0.2) is 0 Å². The van der Waals surface area contributed by atoms with Gasteiger partial charge in [-0.05, 0) is 12.8 Å². The molecule has 1 aliphatic carbocycles. The van der Waals surface area contributed by atoms with Gasteiger partial charge in [0, 0.05) is 12.0 Å². The summed E-state index contributed by atoms with van der Waals surface area (Å²) in [7, 11) is 0. The molecule has 0 unspecified atom stereocenters. The maximum Gasteiger partial charge on any atom is 0.306 e. The van der Waals surface area contributed by atoms with E-state index < -0.39 is 0 Å². The first-order chi connectivity index (χ1) is 4.77. The minimum Gasteiger partial charge on any atom is -0.460 e. The van der Waals surface area contributed by atoms with Crippen molar-refractivity contribution in [2.75, 3.05) is 0 Å². The summed E-state index contributed by atoms with van der Waals surface area (Å²) < 4.78 is 5.03. The lowest BCUT2D eigenvalue weighted by atomic mass is 10.0. The molecule has 3 nitrogen and oxygen atoms in total. The van der Waals surface area contributed by atoms with Crippen molar-refractivity contribution in [3.8, 4) is 0 Å². The number of esters is 1. The van der Waals surface area contributed by atoms with Gasteiger partial charge in [-0.25, -0.2) is 0 Å². The first-order valence-electron chi connectivity index (χ1n) is 3.72. The second-order valence-electron chi connectivity index (χ2n) is 3.16. The molecule has 1 saturated heterocycles. The van der Waals surface area contributed by atoms with E-state index in [-0.39, 0.29) is 18.1 Å². The molecule has 2 N–H and O–H groups in total. The van der Waals surface area contributed by atoms with E-state index in [0.717, 1.165) is 12.8 Å². The first-order valence-corrected chi connectivity index (χ1v) is 3.72. The Morgan fingerprint density at radius 1 is 1.50 bits per heavy atom. The van der Waals surface area contributed by atoms with Crippen LogP contribution < -0.4 is 5.73 Å². The minimum absolute atomic E-state index is 0.0486. The number of hydrogen-bond donors (Lipinski definition) is 1. The number of hydrogen-bond acceptors (Lipinski definition) is 3. The van der Waals surface area contributed by atoms with E-state index in [1.54, 1.807) is 0 Å². The number of nitrogens with two attached hydrogens (primary N) is 1. The van der Waals surface area contributed by atoms with Crippen molar-refractivity contribution in [3.63, 3.8) is 0 Å². The lowest BCUT2D eigenvalue weighted by Gasteiger charge is -2.11. The van der Waals surface area contributed by atoms with Gasteiger partial charge >= 0.3 is 5.97 Å². The topological polar surface area (TPSA) is 52.3 Å². The molecule has 2 fully saturated rings. The molecular weight excluding hydrogens is 130 g/mol. The molecule has 0 radical (unpaired) electrons.